The molecule has 2 rings (SSSR count). The molecule has 0 unspecified atom stereocenters. The maximum atomic E-state index is 12.4. The second kappa shape index (κ2) is 11.4. The molecule has 0 amide bonds. The van der Waals surface area contributed by atoms with Crippen LogP contribution < -0.4 is 4.74 Å². The first-order valence-corrected chi connectivity index (χ1v) is 9.87. The minimum atomic E-state index is -1.71. The molecule has 13 nitrogen and oxygen atoms in total. The summed E-state index contributed by atoms with van der Waals surface area (Å²) in [5, 5.41) is 18.8. The highest BCUT2D eigenvalue weighted by molar-refractivity contribution is 5.91. The van der Waals surface area contributed by atoms with Crippen LogP contribution >= 0.6 is 0 Å². The molecule has 5 atom stereocenters. The summed E-state index contributed by atoms with van der Waals surface area (Å²) in [4.78, 5) is 59.4. The van der Waals surface area contributed by atoms with E-state index in [-0.39, 0.29) is 16.9 Å². The molecule has 0 radical (unpaired) electrons. The molecule has 0 spiro atoms. The van der Waals surface area contributed by atoms with E-state index in [4.69, 9.17) is 23.7 Å². The average Bonchev–Trinajstić information content (AvgIpc) is 2.76. The molecule has 1 aliphatic rings. The van der Waals surface area contributed by atoms with Crippen LogP contribution in [0.25, 0.3) is 0 Å². The predicted molar refractivity (Wildman–Crippen MR) is 107 cm³/mol. The van der Waals surface area contributed by atoms with Gasteiger partial charge in [-0.05, 0) is 17.7 Å². The van der Waals surface area contributed by atoms with Gasteiger partial charge in [-0.3, -0.25) is 14.4 Å². The number of ether oxygens (including phenoxy) is 6. The molecule has 0 aliphatic carbocycles. The van der Waals surface area contributed by atoms with Crippen molar-refractivity contribution in [2.45, 2.75) is 58.1 Å². The second-order valence-electron chi connectivity index (χ2n) is 7.08. The molecule has 186 valence electrons. The monoisotopic (exact) mass is 484 g/mol. The fourth-order valence-electron chi connectivity index (χ4n) is 3.25. The summed E-state index contributed by atoms with van der Waals surface area (Å²) in [6.45, 7) is 2.65. The van der Waals surface area contributed by atoms with Gasteiger partial charge < -0.3 is 38.6 Å². The molecule has 1 heterocycles. The number of aromatic carboxylic acids is 1. The van der Waals surface area contributed by atoms with Gasteiger partial charge in [0, 0.05) is 20.8 Å². The number of aliphatic hydroxyl groups is 1. The Hall–Kier alpha value is -3.71. The highest BCUT2D eigenvalue weighted by Gasteiger charge is 2.56. The van der Waals surface area contributed by atoms with Crippen LogP contribution in [0.2, 0.25) is 0 Å². The fourth-order valence-corrected chi connectivity index (χ4v) is 3.25. The fraction of sp³-hybridized carbons (Fsp3) is 0.476. The topological polar surface area (TPSA) is 181 Å². The van der Waals surface area contributed by atoms with Crippen molar-refractivity contribution in [3.63, 3.8) is 0 Å². The first-order chi connectivity index (χ1) is 16.0. The Morgan fingerprint density at radius 3 is 1.97 bits per heavy atom. The van der Waals surface area contributed by atoms with Crippen molar-refractivity contribution < 1.29 is 62.6 Å². The lowest BCUT2D eigenvalue weighted by molar-refractivity contribution is -0.282. The molecule has 1 fully saturated rings. The number of hydrogen-bond acceptors (Lipinski definition) is 12. The summed E-state index contributed by atoms with van der Waals surface area (Å²) in [7, 11) is 1.03. The highest BCUT2D eigenvalue weighted by atomic mass is 16.7. The molecule has 1 saturated heterocycles. The van der Waals surface area contributed by atoms with E-state index in [2.05, 4.69) is 4.74 Å². The number of esters is 4. The van der Waals surface area contributed by atoms with E-state index in [1.807, 2.05) is 0 Å². The van der Waals surface area contributed by atoms with Crippen LogP contribution in [-0.4, -0.2) is 77.9 Å². The van der Waals surface area contributed by atoms with Crippen molar-refractivity contribution in [1.29, 1.82) is 0 Å². The third kappa shape index (κ3) is 6.42. The van der Waals surface area contributed by atoms with E-state index in [0.717, 1.165) is 33.9 Å². The number of hydrogen-bond donors (Lipinski definition) is 2. The maximum absolute atomic E-state index is 12.4. The summed E-state index contributed by atoms with van der Waals surface area (Å²) in [6, 6.07) is 3.73. The number of carboxylic acid groups (broad SMARTS) is 1. The average molecular weight is 484 g/mol. The lowest BCUT2D eigenvalue weighted by atomic mass is 9.97. The largest absolute Gasteiger partial charge is 0.478 e. The van der Waals surface area contributed by atoms with Crippen LogP contribution in [0.5, 0.6) is 5.75 Å². The molecule has 1 aromatic carbocycles. The first-order valence-electron chi connectivity index (χ1n) is 9.87. The van der Waals surface area contributed by atoms with Gasteiger partial charge >= 0.3 is 29.8 Å². The zero-order valence-corrected chi connectivity index (χ0v) is 18.7. The maximum Gasteiger partial charge on any atom is 0.339 e. The van der Waals surface area contributed by atoms with Crippen molar-refractivity contribution in [2.24, 2.45) is 0 Å². The van der Waals surface area contributed by atoms with Gasteiger partial charge in [-0.1, -0.05) is 6.07 Å². The third-order valence-corrected chi connectivity index (χ3v) is 4.53. The van der Waals surface area contributed by atoms with Gasteiger partial charge in [0.05, 0.1) is 13.7 Å². The van der Waals surface area contributed by atoms with E-state index in [1.165, 1.54) is 12.1 Å². The summed E-state index contributed by atoms with van der Waals surface area (Å²) in [5.41, 5.74) is -0.108. The van der Waals surface area contributed by atoms with Gasteiger partial charge in [0.2, 0.25) is 12.4 Å². The number of rotatable bonds is 8. The van der Waals surface area contributed by atoms with Crippen molar-refractivity contribution >= 4 is 29.8 Å². The van der Waals surface area contributed by atoms with Gasteiger partial charge in [-0.25, -0.2) is 9.59 Å². The Kier molecular flexibility index (Phi) is 8.92. The Morgan fingerprint density at radius 1 is 0.912 bits per heavy atom. The van der Waals surface area contributed by atoms with Gasteiger partial charge in [0.1, 0.15) is 11.3 Å². The SMILES string of the molecule is COC(=O)[C@H]1O[C@@H](Oc2ccc(CO)cc2C(=O)O)[C@H](OC(C)=O)[C@@H](OC(C)=O)[C@@H]1OC(C)=O. The van der Waals surface area contributed by atoms with E-state index in [0.29, 0.717) is 0 Å². The van der Waals surface area contributed by atoms with Crippen molar-refractivity contribution in [2.75, 3.05) is 7.11 Å². The first kappa shape index (κ1) is 26.5. The Labute approximate surface area is 193 Å². The van der Waals surface area contributed by atoms with Crippen LogP contribution in [-0.2, 0) is 49.5 Å². The number of methoxy groups -OCH3 is 1. The minimum Gasteiger partial charge on any atom is -0.478 e. The van der Waals surface area contributed by atoms with Gasteiger partial charge in [0.25, 0.3) is 0 Å². The molecule has 1 aliphatic heterocycles. The van der Waals surface area contributed by atoms with Crippen LogP contribution in [0.3, 0.4) is 0 Å². The van der Waals surface area contributed by atoms with Crippen molar-refractivity contribution in [1.82, 2.24) is 0 Å². The summed E-state index contributed by atoms with van der Waals surface area (Å²) >= 11 is 0. The lowest BCUT2D eigenvalue weighted by Crippen LogP contribution is -2.64. The molecule has 13 heteroatoms. The normalized spacial score (nSPS) is 23.9. The summed E-state index contributed by atoms with van der Waals surface area (Å²) < 4.78 is 31.5. The predicted octanol–water partition coefficient (Wildman–Crippen LogP) is -0.0511. The van der Waals surface area contributed by atoms with E-state index in [9.17, 15) is 34.2 Å². The second-order valence-corrected chi connectivity index (χ2v) is 7.08. The molecule has 0 aromatic heterocycles. The third-order valence-electron chi connectivity index (χ3n) is 4.53. The van der Waals surface area contributed by atoms with E-state index < -0.39 is 67.2 Å². The Balaban J connectivity index is 2.58. The molecule has 34 heavy (non-hydrogen) atoms. The van der Waals surface area contributed by atoms with Crippen molar-refractivity contribution in [3.8, 4) is 5.75 Å². The van der Waals surface area contributed by atoms with Crippen molar-refractivity contribution in [3.05, 3.63) is 29.3 Å². The number of benzene rings is 1. The molecule has 0 saturated carbocycles. The molecular weight excluding hydrogens is 460 g/mol. The van der Waals surface area contributed by atoms with Crippen LogP contribution in [0.1, 0.15) is 36.7 Å². The van der Waals surface area contributed by atoms with Crippen LogP contribution in [0.15, 0.2) is 18.2 Å². The standard InChI is InChI=1S/C21H24O13/c1-9(23)30-15-16(31-10(2)24)18(32-11(3)25)21(34-17(15)20(28)29-4)33-14-6-5-12(8-22)7-13(14)19(26)27/h5-7,15-18,21-22H,8H2,1-4H3,(H,26,27)/t15-,16-,17-,18+,21+/m0/s1. The van der Waals surface area contributed by atoms with Gasteiger partial charge in [-0.2, -0.15) is 0 Å². The number of carboxylic acids is 1. The zero-order valence-electron chi connectivity index (χ0n) is 18.7. The number of carbonyl (C=O) groups is 5. The quantitative estimate of drug-likeness (QED) is 0.370. The lowest BCUT2D eigenvalue weighted by Gasteiger charge is -2.43. The van der Waals surface area contributed by atoms with Gasteiger partial charge in [-0.15, -0.1) is 0 Å². The molecule has 2 N–H and O–H groups in total. The van der Waals surface area contributed by atoms with E-state index in [1.54, 1.807) is 0 Å². The zero-order chi connectivity index (χ0) is 25.6. The minimum absolute atomic E-state index is 0.269. The number of aliphatic hydroxyl groups excluding tert-OH is 1. The summed E-state index contributed by atoms with van der Waals surface area (Å²) in [6.07, 6.45) is -8.17. The molecule has 1 aromatic rings. The summed E-state index contributed by atoms with van der Waals surface area (Å²) in [5.74, 6) is -5.33. The molecule has 0 bridgehead atoms. The van der Waals surface area contributed by atoms with E-state index >= 15 is 0 Å². The van der Waals surface area contributed by atoms with Crippen LogP contribution in [0, 0.1) is 0 Å². The van der Waals surface area contributed by atoms with Gasteiger partial charge in [0.15, 0.2) is 18.3 Å². The Bertz CT molecular complexity index is 956. The smallest absolute Gasteiger partial charge is 0.339 e. The molecular formula is C21H24O13. The van der Waals surface area contributed by atoms with Crippen LogP contribution in [0.4, 0.5) is 0 Å². The Morgan fingerprint density at radius 2 is 1.47 bits per heavy atom. The highest BCUT2D eigenvalue weighted by Crippen LogP contribution is 2.32. The number of carbonyl (C=O) groups excluding carboxylic acids is 4.